The first-order valence-corrected chi connectivity index (χ1v) is 11.4. The maximum Gasteiger partial charge on any atom is 0.0812 e. The molecule has 2 heterocycles. The summed E-state index contributed by atoms with van der Waals surface area (Å²) in [5, 5.41) is 3.52. The lowest BCUT2D eigenvalue weighted by atomic mass is 9.87. The molecule has 0 aromatic heterocycles. The molecule has 4 rings (SSSR count). The zero-order valence-electron chi connectivity index (χ0n) is 18.2. The number of piperidine rings is 1. The Kier molecular flexibility index (Phi) is 11.4. The number of nitrogens with zero attached hydrogens (tertiary/aromatic N) is 2. The van der Waals surface area contributed by atoms with Crippen molar-refractivity contribution in [2.24, 2.45) is 0 Å². The van der Waals surface area contributed by atoms with E-state index in [9.17, 15) is 0 Å². The van der Waals surface area contributed by atoms with Gasteiger partial charge in [0.2, 0.25) is 0 Å². The summed E-state index contributed by atoms with van der Waals surface area (Å²) in [6.07, 6.45) is 3.84. The van der Waals surface area contributed by atoms with Gasteiger partial charge in [-0.15, -0.1) is 37.2 Å². The minimum absolute atomic E-state index is 0. The highest BCUT2D eigenvalue weighted by Crippen LogP contribution is 2.41. The van der Waals surface area contributed by atoms with Gasteiger partial charge in [0.05, 0.1) is 12.1 Å². The molecule has 1 N–H and O–H groups in total. The van der Waals surface area contributed by atoms with Crippen molar-refractivity contribution in [3.05, 3.63) is 33.8 Å². The Morgan fingerprint density at radius 2 is 1.87 bits per heavy atom. The molecular formula is C22H37BrCl3N3O. The van der Waals surface area contributed by atoms with Crippen molar-refractivity contribution >= 4 is 53.2 Å². The van der Waals surface area contributed by atoms with E-state index >= 15 is 0 Å². The van der Waals surface area contributed by atoms with E-state index in [1.165, 1.54) is 35.0 Å². The van der Waals surface area contributed by atoms with Gasteiger partial charge in [-0.1, -0.05) is 22.0 Å². The van der Waals surface area contributed by atoms with Crippen molar-refractivity contribution < 1.29 is 4.74 Å². The van der Waals surface area contributed by atoms with E-state index < -0.39 is 0 Å². The normalized spacial score (nSPS) is 28.6. The number of piperazine rings is 1. The van der Waals surface area contributed by atoms with E-state index in [1.54, 1.807) is 0 Å². The standard InChI is InChI=1S/C22H34BrN3O.3ClH/c1-4-27-20-14-17-13-18(23)5-6-19(17)21(20)26-12-11-25(15-16(26)2)22(3)7-9-24-10-8-22;;;/h5-6,13,16,20-21,24H,4,7-12,14-15H2,1-3H3;3*1H/t16-,20?,21?;;;/m0.../s1. The van der Waals surface area contributed by atoms with Crippen molar-refractivity contribution in [1.82, 2.24) is 15.1 Å². The molecule has 0 bridgehead atoms. The SMILES string of the molecule is CCOC1Cc2cc(Br)ccc2C1N1CCN(C2(C)CCNCC2)C[C@@H]1C.Cl.Cl.Cl. The van der Waals surface area contributed by atoms with E-state index in [2.05, 4.69) is 70.0 Å². The quantitative estimate of drug-likeness (QED) is 0.585. The van der Waals surface area contributed by atoms with Crippen molar-refractivity contribution in [3.8, 4) is 0 Å². The zero-order chi connectivity index (χ0) is 19.0. The van der Waals surface area contributed by atoms with E-state index in [0.717, 1.165) is 39.2 Å². The highest BCUT2D eigenvalue weighted by atomic mass is 79.9. The van der Waals surface area contributed by atoms with Crippen molar-refractivity contribution in [1.29, 1.82) is 0 Å². The Morgan fingerprint density at radius 1 is 1.17 bits per heavy atom. The van der Waals surface area contributed by atoms with Gasteiger partial charge in [0, 0.05) is 48.7 Å². The van der Waals surface area contributed by atoms with Crippen molar-refractivity contribution in [3.63, 3.8) is 0 Å². The smallest absolute Gasteiger partial charge is 0.0812 e. The van der Waals surface area contributed by atoms with Crippen LogP contribution in [0.3, 0.4) is 0 Å². The topological polar surface area (TPSA) is 27.7 Å². The third-order valence-electron chi connectivity index (χ3n) is 7.06. The van der Waals surface area contributed by atoms with Gasteiger partial charge in [-0.3, -0.25) is 9.80 Å². The first-order valence-electron chi connectivity index (χ1n) is 10.6. The third kappa shape index (κ3) is 5.66. The van der Waals surface area contributed by atoms with Gasteiger partial charge in [0.25, 0.3) is 0 Å². The average Bonchev–Trinajstić information content (AvgIpc) is 2.99. The lowest BCUT2D eigenvalue weighted by Gasteiger charge is -2.52. The monoisotopic (exact) mass is 543 g/mol. The molecule has 2 aliphatic heterocycles. The second-order valence-electron chi connectivity index (χ2n) is 8.77. The number of nitrogens with one attached hydrogen (secondary N) is 1. The molecule has 3 atom stereocenters. The van der Waals surface area contributed by atoms with Crippen molar-refractivity contribution in [2.45, 2.75) is 63.8 Å². The molecule has 2 unspecified atom stereocenters. The summed E-state index contributed by atoms with van der Waals surface area (Å²) < 4.78 is 7.40. The van der Waals surface area contributed by atoms with Gasteiger partial charge in [-0.05, 0) is 70.0 Å². The molecule has 30 heavy (non-hydrogen) atoms. The molecule has 174 valence electrons. The van der Waals surface area contributed by atoms with Crippen LogP contribution >= 0.6 is 53.2 Å². The van der Waals surface area contributed by atoms with Crippen LogP contribution in [0.2, 0.25) is 0 Å². The number of halogens is 4. The van der Waals surface area contributed by atoms with Crippen LogP contribution in [0.1, 0.15) is 50.8 Å². The van der Waals surface area contributed by atoms with Crippen LogP contribution in [0.25, 0.3) is 0 Å². The predicted molar refractivity (Wildman–Crippen MR) is 136 cm³/mol. The minimum Gasteiger partial charge on any atom is -0.376 e. The first kappa shape index (κ1) is 28.4. The van der Waals surface area contributed by atoms with Gasteiger partial charge in [0.1, 0.15) is 0 Å². The summed E-state index contributed by atoms with van der Waals surface area (Å²) in [6.45, 7) is 13.6. The molecule has 0 spiro atoms. The van der Waals surface area contributed by atoms with Gasteiger partial charge in [-0.2, -0.15) is 0 Å². The first-order chi connectivity index (χ1) is 13.0. The highest BCUT2D eigenvalue weighted by molar-refractivity contribution is 9.10. The molecular weight excluding hydrogens is 509 g/mol. The van der Waals surface area contributed by atoms with Crippen LogP contribution in [0.5, 0.6) is 0 Å². The maximum absolute atomic E-state index is 6.22. The zero-order valence-corrected chi connectivity index (χ0v) is 22.3. The molecule has 1 aromatic carbocycles. The number of ether oxygens (including phenoxy) is 1. The predicted octanol–water partition coefficient (Wildman–Crippen LogP) is 4.87. The number of hydrogen-bond donors (Lipinski definition) is 1. The van der Waals surface area contributed by atoms with Crippen LogP contribution in [0.15, 0.2) is 22.7 Å². The molecule has 8 heteroatoms. The summed E-state index contributed by atoms with van der Waals surface area (Å²) in [5.41, 5.74) is 3.29. The Bertz CT molecular complexity index is 675. The molecule has 4 nitrogen and oxygen atoms in total. The fourth-order valence-electron chi connectivity index (χ4n) is 5.48. The Hall–Kier alpha value is 0.410. The van der Waals surface area contributed by atoms with Crippen LogP contribution < -0.4 is 5.32 Å². The number of hydrogen-bond acceptors (Lipinski definition) is 4. The molecule has 0 radical (unpaired) electrons. The molecule has 1 aromatic rings. The molecule has 2 saturated heterocycles. The summed E-state index contributed by atoms with van der Waals surface area (Å²) in [6, 6.07) is 7.74. The second kappa shape index (κ2) is 12.0. The summed E-state index contributed by atoms with van der Waals surface area (Å²) in [4.78, 5) is 5.49. The van der Waals surface area contributed by atoms with Crippen LogP contribution in [-0.4, -0.2) is 66.8 Å². The molecule has 0 amide bonds. The van der Waals surface area contributed by atoms with E-state index in [-0.39, 0.29) is 43.3 Å². The second-order valence-corrected chi connectivity index (χ2v) is 9.68. The van der Waals surface area contributed by atoms with Crippen LogP contribution in [0.4, 0.5) is 0 Å². The Morgan fingerprint density at radius 3 is 2.50 bits per heavy atom. The third-order valence-corrected chi connectivity index (χ3v) is 7.55. The van der Waals surface area contributed by atoms with Gasteiger partial charge in [0.15, 0.2) is 0 Å². The van der Waals surface area contributed by atoms with Gasteiger partial charge < -0.3 is 10.1 Å². The summed E-state index contributed by atoms with van der Waals surface area (Å²) in [7, 11) is 0. The van der Waals surface area contributed by atoms with Gasteiger partial charge >= 0.3 is 0 Å². The van der Waals surface area contributed by atoms with E-state index in [0.29, 0.717) is 17.6 Å². The number of benzene rings is 1. The molecule has 0 saturated carbocycles. The van der Waals surface area contributed by atoms with Crippen LogP contribution in [0, 0.1) is 0 Å². The number of fused-ring (bicyclic) bond motifs is 1. The summed E-state index contributed by atoms with van der Waals surface area (Å²) in [5.74, 6) is 0. The minimum atomic E-state index is 0. The molecule has 1 aliphatic carbocycles. The Balaban J connectivity index is 0.00000150. The lowest BCUT2D eigenvalue weighted by Crippen LogP contribution is -2.62. The number of rotatable bonds is 4. The molecule has 3 aliphatic rings. The average molecular weight is 546 g/mol. The Labute approximate surface area is 209 Å². The van der Waals surface area contributed by atoms with E-state index in [1.807, 2.05) is 0 Å². The fourth-order valence-corrected chi connectivity index (χ4v) is 5.89. The lowest BCUT2D eigenvalue weighted by molar-refractivity contribution is -0.0588. The van der Waals surface area contributed by atoms with Crippen molar-refractivity contribution in [2.75, 3.05) is 39.3 Å². The van der Waals surface area contributed by atoms with Crippen LogP contribution in [-0.2, 0) is 11.2 Å². The summed E-state index contributed by atoms with van der Waals surface area (Å²) >= 11 is 3.64. The highest BCUT2D eigenvalue weighted by Gasteiger charge is 2.43. The fraction of sp³-hybridized carbons (Fsp3) is 0.727. The maximum atomic E-state index is 6.22. The van der Waals surface area contributed by atoms with E-state index in [4.69, 9.17) is 4.74 Å². The largest absolute Gasteiger partial charge is 0.376 e. The van der Waals surface area contributed by atoms with Gasteiger partial charge in [-0.25, -0.2) is 0 Å². The molecule has 2 fully saturated rings.